The van der Waals surface area contributed by atoms with Gasteiger partial charge in [0.25, 0.3) is 0 Å². The van der Waals surface area contributed by atoms with Crippen molar-refractivity contribution < 1.29 is 9.90 Å². The predicted molar refractivity (Wildman–Crippen MR) is 50.3 cm³/mol. The Labute approximate surface area is 78.7 Å². The lowest BCUT2D eigenvalue weighted by atomic mass is 9.82. The first kappa shape index (κ1) is 10.5. The summed E-state index contributed by atoms with van der Waals surface area (Å²) >= 11 is 0. The van der Waals surface area contributed by atoms with Crippen LogP contribution in [-0.4, -0.2) is 37.3 Å². The van der Waals surface area contributed by atoms with Gasteiger partial charge in [-0.1, -0.05) is 0 Å². The molecule has 0 spiro atoms. The van der Waals surface area contributed by atoms with Crippen molar-refractivity contribution in [3.63, 3.8) is 0 Å². The van der Waals surface area contributed by atoms with Gasteiger partial charge in [-0.15, -0.1) is 0 Å². The maximum atomic E-state index is 11.3. The normalized spacial score (nSPS) is 26.6. The van der Waals surface area contributed by atoms with Crippen molar-refractivity contribution in [1.82, 2.24) is 10.6 Å². The van der Waals surface area contributed by atoms with Crippen molar-refractivity contribution in [1.29, 1.82) is 0 Å². The Morgan fingerprint density at radius 3 is 2.69 bits per heavy atom. The molecule has 0 saturated heterocycles. The third-order valence-corrected chi connectivity index (χ3v) is 2.39. The molecule has 1 saturated carbocycles. The summed E-state index contributed by atoms with van der Waals surface area (Å²) in [6.07, 6.45) is 1.99. The topological polar surface area (TPSA) is 61.4 Å². The van der Waals surface area contributed by atoms with E-state index in [9.17, 15) is 4.79 Å². The fourth-order valence-corrected chi connectivity index (χ4v) is 1.42. The summed E-state index contributed by atoms with van der Waals surface area (Å²) in [6, 6.07) is 0. The lowest BCUT2D eigenvalue weighted by molar-refractivity contribution is -0.131. The van der Waals surface area contributed by atoms with Gasteiger partial charge in [-0.25, -0.2) is 0 Å². The number of aliphatic hydroxyl groups is 1. The van der Waals surface area contributed by atoms with Crippen LogP contribution in [0.4, 0.5) is 0 Å². The monoisotopic (exact) mass is 186 g/mol. The minimum atomic E-state index is -0.243. The zero-order valence-electron chi connectivity index (χ0n) is 8.05. The summed E-state index contributed by atoms with van der Waals surface area (Å²) in [5, 5.41) is 14.9. The van der Waals surface area contributed by atoms with E-state index in [1.165, 1.54) is 0 Å². The second-order valence-corrected chi connectivity index (χ2v) is 3.57. The zero-order chi connectivity index (χ0) is 9.68. The molecule has 0 aromatic heterocycles. The van der Waals surface area contributed by atoms with Crippen LogP contribution < -0.4 is 10.6 Å². The first-order valence-corrected chi connectivity index (χ1v) is 4.84. The molecule has 1 rings (SSSR count). The predicted octanol–water partition coefficient (Wildman–Crippen LogP) is -0.517. The summed E-state index contributed by atoms with van der Waals surface area (Å²) in [4.78, 5) is 11.3. The number of amides is 1. The van der Waals surface area contributed by atoms with Gasteiger partial charge in [-0.05, 0) is 32.9 Å². The fourth-order valence-electron chi connectivity index (χ4n) is 1.42. The average molecular weight is 186 g/mol. The molecule has 4 heteroatoms. The van der Waals surface area contributed by atoms with Crippen molar-refractivity contribution in [2.24, 2.45) is 5.92 Å². The molecule has 1 fully saturated rings. The third kappa shape index (κ3) is 3.32. The molecule has 0 radical (unpaired) electrons. The highest BCUT2D eigenvalue weighted by Gasteiger charge is 2.32. The minimum absolute atomic E-state index is 0.0598. The molecule has 1 aliphatic rings. The number of carbonyl (C=O) groups excluding carboxylic acids is 1. The molecule has 0 unspecified atom stereocenters. The standard InChI is InChI=1S/C9H18N2O2/c1-10-3-2-4-11-9(13)7-5-8(12)6-7/h7-8,10,12H,2-6H2,1H3,(H,11,13). The first-order valence-electron chi connectivity index (χ1n) is 4.84. The van der Waals surface area contributed by atoms with Gasteiger partial charge in [-0.3, -0.25) is 4.79 Å². The number of rotatable bonds is 5. The van der Waals surface area contributed by atoms with Gasteiger partial charge in [0.05, 0.1) is 6.10 Å². The second-order valence-electron chi connectivity index (χ2n) is 3.57. The van der Waals surface area contributed by atoms with Crippen LogP contribution in [0.5, 0.6) is 0 Å². The van der Waals surface area contributed by atoms with Gasteiger partial charge in [0.2, 0.25) is 5.91 Å². The van der Waals surface area contributed by atoms with E-state index in [1.54, 1.807) is 0 Å². The number of hydrogen-bond donors (Lipinski definition) is 3. The molecular weight excluding hydrogens is 168 g/mol. The maximum Gasteiger partial charge on any atom is 0.223 e. The summed E-state index contributed by atoms with van der Waals surface area (Å²) in [5.41, 5.74) is 0. The lowest BCUT2D eigenvalue weighted by Crippen LogP contribution is -2.41. The van der Waals surface area contributed by atoms with Crippen molar-refractivity contribution in [2.75, 3.05) is 20.1 Å². The zero-order valence-corrected chi connectivity index (χ0v) is 8.05. The fraction of sp³-hybridized carbons (Fsp3) is 0.889. The van der Waals surface area contributed by atoms with E-state index in [0.29, 0.717) is 12.8 Å². The third-order valence-electron chi connectivity index (χ3n) is 2.39. The van der Waals surface area contributed by atoms with Gasteiger partial charge in [0.15, 0.2) is 0 Å². The van der Waals surface area contributed by atoms with Crippen molar-refractivity contribution in [3.05, 3.63) is 0 Å². The molecule has 0 heterocycles. The van der Waals surface area contributed by atoms with Crippen molar-refractivity contribution in [2.45, 2.75) is 25.4 Å². The Bertz CT molecular complexity index is 167. The van der Waals surface area contributed by atoms with E-state index < -0.39 is 0 Å². The van der Waals surface area contributed by atoms with E-state index in [0.717, 1.165) is 19.5 Å². The van der Waals surface area contributed by atoms with Crippen LogP contribution in [0.1, 0.15) is 19.3 Å². The molecule has 0 aromatic carbocycles. The first-order chi connectivity index (χ1) is 6.24. The van der Waals surface area contributed by atoms with E-state index in [-0.39, 0.29) is 17.9 Å². The van der Waals surface area contributed by atoms with Crippen LogP contribution in [0.15, 0.2) is 0 Å². The summed E-state index contributed by atoms with van der Waals surface area (Å²) in [7, 11) is 1.89. The van der Waals surface area contributed by atoms with Crippen molar-refractivity contribution >= 4 is 5.91 Å². The summed E-state index contributed by atoms with van der Waals surface area (Å²) in [6.45, 7) is 1.65. The summed E-state index contributed by atoms with van der Waals surface area (Å²) in [5.74, 6) is 0.158. The molecule has 0 aromatic rings. The minimum Gasteiger partial charge on any atom is -0.393 e. The van der Waals surface area contributed by atoms with Crippen LogP contribution in [-0.2, 0) is 4.79 Å². The number of nitrogens with one attached hydrogen (secondary N) is 2. The molecule has 3 N–H and O–H groups in total. The molecular formula is C9H18N2O2. The molecule has 13 heavy (non-hydrogen) atoms. The molecule has 0 bridgehead atoms. The number of aliphatic hydroxyl groups excluding tert-OH is 1. The SMILES string of the molecule is CNCCCNC(=O)C1CC(O)C1. The van der Waals surface area contributed by atoms with Gasteiger partial charge < -0.3 is 15.7 Å². The van der Waals surface area contributed by atoms with Gasteiger partial charge >= 0.3 is 0 Å². The Morgan fingerprint density at radius 2 is 2.15 bits per heavy atom. The van der Waals surface area contributed by atoms with E-state index in [4.69, 9.17) is 5.11 Å². The summed E-state index contributed by atoms with van der Waals surface area (Å²) < 4.78 is 0. The molecule has 0 atom stereocenters. The molecule has 0 aliphatic heterocycles. The largest absolute Gasteiger partial charge is 0.393 e. The van der Waals surface area contributed by atoms with Crippen LogP contribution in [0.3, 0.4) is 0 Å². The van der Waals surface area contributed by atoms with Crippen LogP contribution >= 0.6 is 0 Å². The van der Waals surface area contributed by atoms with Crippen LogP contribution in [0, 0.1) is 5.92 Å². The highest BCUT2D eigenvalue weighted by Crippen LogP contribution is 2.26. The second kappa shape index (κ2) is 5.19. The molecule has 1 amide bonds. The van der Waals surface area contributed by atoms with Crippen LogP contribution in [0.2, 0.25) is 0 Å². The Morgan fingerprint density at radius 1 is 1.46 bits per heavy atom. The van der Waals surface area contributed by atoms with E-state index in [1.807, 2.05) is 7.05 Å². The Hall–Kier alpha value is -0.610. The quantitative estimate of drug-likeness (QED) is 0.506. The number of hydrogen-bond acceptors (Lipinski definition) is 3. The Kier molecular flexibility index (Phi) is 4.18. The van der Waals surface area contributed by atoms with Gasteiger partial charge in [0, 0.05) is 12.5 Å². The average Bonchev–Trinajstić information content (AvgIpc) is 2.07. The molecule has 1 aliphatic carbocycles. The Balaban J connectivity index is 1.99. The van der Waals surface area contributed by atoms with Gasteiger partial charge in [0.1, 0.15) is 0 Å². The maximum absolute atomic E-state index is 11.3. The highest BCUT2D eigenvalue weighted by atomic mass is 16.3. The smallest absolute Gasteiger partial charge is 0.223 e. The van der Waals surface area contributed by atoms with E-state index >= 15 is 0 Å². The molecule has 4 nitrogen and oxygen atoms in total. The highest BCUT2D eigenvalue weighted by molar-refractivity contribution is 5.79. The molecule has 76 valence electrons. The number of carbonyl (C=O) groups is 1. The van der Waals surface area contributed by atoms with Crippen LogP contribution in [0.25, 0.3) is 0 Å². The van der Waals surface area contributed by atoms with Crippen molar-refractivity contribution in [3.8, 4) is 0 Å². The van der Waals surface area contributed by atoms with Gasteiger partial charge in [-0.2, -0.15) is 0 Å². The lowest BCUT2D eigenvalue weighted by Gasteiger charge is -2.29. The van der Waals surface area contributed by atoms with E-state index in [2.05, 4.69) is 10.6 Å².